The van der Waals surface area contributed by atoms with Gasteiger partial charge in [-0.1, -0.05) is 28.9 Å². The Hall–Kier alpha value is -0.670. The van der Waals surface area contributed by atoms with E-state index in [0.717, 1.165) is 5.56 Å². The van der Waals surface area contributed by atoms with Crippen LogP contribution in [-0.4, -0.2) is 11.7 Å². The second-order valence-corrected chi connectivity index (χ2v) is 4.89. The van der Waals surface area contributed by atoms with Crippen LogP contribution in [0.25, 0.3) is 0 Å². The molecule has 0 amide bonds. The standard InChI is InChI=1S/C12H14BrFO/c1-3-12(2,8-15)7-9-4-10(13)6-11(14)5-9/h3-6,15H,1,7-8H2,2H3. The van der Waals surface area contributed by atoms with Crippen LogP contribution in [-0.2, 0) is 6.42 Å². The molecule has 82 valence electrons. The predicted octanol–water partition coefficient (Wildman–Crippen LogP) is 3.32. The lowest BCUT2D eigenvalue weighted by Crippen LogP contribution is -2.21. The molecule has 1 nitrogen and oxygen atoms in total. The highest BCUT2D eigenvalue weighted by atomic mass is 79.9. The van der Waals surface area contributed by atoms with Crippen molar-refractivity contribution in [1.82, 2.24) is 0 Å². The first-order valence-electron chi connectivity index (χ1n) is 4.68. The third-order valence-corrected chi connectivity index (χ3v) is 2.84. The molecule has 0 aliphatic rings. The van der Waals surface area contributed by atoms with Crippen LogP contribution in [0.4, 0.5) is 4.39 Å². The molecule has 0 aliphatic carbocycles. The molecule has 0 spiro atoms. The van der Waals surface area contributed by atoms with Gasteiger partial charge in [-0.15, -0.1) is 6.58 Å². The Labute approximate surface area is 97.8 Å². The highest BCUT2D eigenvalue weighted by Gasteiger charge is 2.19. The lowest BCUT2D eigenvalue weighted by Gasteiger charge is -2.22. The summed E-state index contributed by atoms with van der Waals surface area (Å²) in [4.78, 5) is 0. The highest BCUT2D eigenvalue weighted by Crippen LogP contribution is 2.25. The third-order valence-electron chi connectivity index (χ3n) is 2.38. The van der Waals surface area contributed by atoms with Crippen molar-refractivity contribution in [2.24, 2.45) is 5.41 Å². The number of benzene rings is 1. The van der Waals surface area contributed by atoms with E-state index < -0.39 is 5.41 Å². The van der Waals surface area contributed by atoms with E-state index in [9.17, 15) is 9.50 Å². The van der Waals surface area contributed by atoms with Crippen molar-refractivity contribution in [3.05, 3.63) is 46.7 Å². The van der Waals surface area contributed by atoms with Crippen LogP contribution < -0.4 is 0 Å². The van der Waals surface area contributed by atoms with Gasteiger partial charge in [-0.25, -0.2) is 4.39 Å². The van der Waals surface area contributed by atoms with Gasteiger partial charge in [-0.3, -0.25) is 0 Å². The molecule has 1 aromatic rings. The molecule has 1 aromatic carbocycles. The maximum Gasteiger partial charge on any atom is 0.124 e. The minimum Gasteiger partial charge on any atom is -0.395 e. The van der Waals surface area contributed by atoms with E-state index in [1.54, 1.807) is 6.08 Å². The molecule has 3 heteroatoms. The van der Waals surface area contributed by atoms with Gasteiger partial charge in [0, 0.05) is 9.89 Å². The van der Waals surface area contributed by atoms with Crippen LogP contribution in [0.3, 0.4) is 0 Å². The molecule has 0 saturated carbocycles. The van der Waals surface area contributed by atoms with Crippen LogP contribution in [0.5, 0.6) is 0 Å². The van der Waals surface area contributed by atoms with E-state index in [0.29, 0.717) is 10.9 Å². The number of hydrogen-bond donors (Lipinski definition) is 1. The smallest absolute Gasteiger partial charge is 0.124 e. The van der Waals surface area contributed by atoms with Gasteiger partial charge in [0.05, 0.1) is 6.61 Å². The molecule has 1 unspecified atom stereocenters. The molecular formula is C12H14BrFO. The molecule has 0 saturated heterocycles. The average molecular weight is 273 g/mol. The number of rotatable bonds is 4. The summed E-state index contributed by atoms with van der Waals surface area (Å²) in [5, 5.41) is 9.21. The summed E-state index contributed by atoms with van der Waals surface area (Å²) >= 11 is 3.24. The zero-order valence-corrected chi connectivity index (χ0v) is 10.2. The van der Waals surface area contributed by atoms with Gasteiger partial charge in [0.15, 0.2) is 0 Å². The van der Waals surface area contributed by atoms with Crippen molar-refractivity contribution in [2.45, 2.75) is 13.3 Å². The normalized spacial score (nSPS) is 14.7. The average Bonchev–Trinajstić information content (AvgIpc) is 2.16. The monoisotopic (exact) mass is 272 g/mol. The maximum atomic E-state index is 13.1. The SMILES string of the molecule is C=CC(C)(CO)Cc1cc(F)cc(Br)c1. The Kier molecular flexibility index (Phi) is 4.05. The molecule has 0 heterocycles. The minimum atomic E-state index is -0.396. The molecule has 1 rings (SSSR count). The Morgan fingerprint density at radius 2 is 2.20 bits per heavy atom. The Balaban J connectivity index is 2.93. The zero-order valence-electron chi connectivity index (χ0n) is 8.63. The summed E-state index contributed by atoms with van der Waals surface area (Å²) in [6.45, 7) is 5.57. The fraction of sp³-hybridized carbons (Fsp3) is 0.333. The van der Waals surface area contributed by atoms with Crippen LogP contribution in [0.2, 0.25) is 0 Å². The van der Waals surface area contributed by atoms with Crippen LogP contribution in [0.1, 0.15) is 12.5 Å². The first kappa shape index (κ1) is 12.4. The van der Waals surface area contributed by atoms with Gasteiger partial charge in [-0.05, 0) is 30.2 Å². The summed E-state index contributed by atoms with van der Waals surface area (Å²) in [6.07, 6.45) is 2.27. The lowest BCUT2D eigenvalue weighted by atomic mass is 9.85. The first-order chi connectivity index (χ1) is 6.99. The van der Waals surface area contributed by atoms with Crippen molar-refractivity contribution in [1.29, 1.82) is 0 Å². The predicted molar refractivity (Wildman–Crippen MR) is 63.2 cm³/mol. The van der Waals surface area contributed by atoms with Crippen molar-refractivity contribution in [3.63, 3.8) is 0 Å². The number of aliphatic hydroxyl groups is 1. The Morgan fingerprint density at radius 1 is 1.53 bits per heavy atom. The molecule has 15 heavy (non-hydrogen) atoms. The van der Waals surface area contributed by atoms with Gasteiger partial charge in [0.1, 0.15) is 5.82 Å². The van der Waals surface area contributed by atoms with Crippen LogP contribution >= 0.6 is 15.9 Å². The van der Waals surface area contributed by atoms with Gasteiger partial charge < -0.3 is 5.11 Å². The fourth-order valence-corrected chi connectivity index (χ4v) is 1.88. The molecule has 0 fully saturated rings. The summed E-state index contributed by atoms with van der Waals surface area (Å²) in [6, 6.07) is 4.73. The van der Waals surface area contributed by atoms with Crippen molar-refractivity contribution in [3.8, 4) is 0 Å². The molecule has 0 aliphatic heterocycles. The Morgan fingerprint density at radius 3 is 2.67 bits per heavy atom. The van der Waals surface area contributed by atoms with Gasteiger partial charge in [0.2, 0.25) is 0 Å². The van der Waals surface area contributed by atoms with Crippen molar-refractivity contribution in [2.75, 3.05) is 6.61 Å². The van der Waals surface area contributed by atoms with Crippen molar-refractivity contribution < 1.29 is 9.50 Å². The topological polar surface area (TPSA) is 20.2 Å². The molecule has 1 N–H and O–H groups in total. The quantitative estimate of drug-likeness (QED) is 0.834. The third kappa shape index (κ3) is 3.43. The second-order valence-electron chi connectivity index (χ2n) is 3.97. The maximum absolute atomic E-state index is 13.1. The van der Waals surface area contributed by atoms with E-state index in [4.69, 9.17) is 0 Å². The minimum absolute atomic E-state index is 0.00460. The summed E-state index contributed by atoms with van der Waals surface area (Å²) in [7, 11) is 0. The molecule has 0 bridgehead atoms. The van der Waals surface area contributed by atoms with Gasteiger partial charge in [-0.2, -0.15) is 0 Å². The second kappa shape index (κ2) is 4.90. The molecule has 1 atom stereocenters. The number of aliphatic hydroxyl groups excluding tert-OH is 1. The largest absolute Gasteiger partial charge is 0.395 e. The van der Waals surface area contributed by atoms with Gasteiger partial charge >= 0.3 is 0 Å². The fourth-order valence-electron chi connectivity index (χ4n) is 1.37. The van der Waals surface area contributed by atoms with Crippen molar-refractivity contribution >= 4 is 15.9 Å². The molecular weight excluding hydrogens is 259 g/mol. The molecule has 0 radical (unpaired) electrons. The number of halogens is 2. The summed E-state index contributed by atoms with van der Waals surface area (Å²) in [5.41, 5.74) is 0.450. The van der Waals surface area contributed by atoms with E-state index >= 15 is 0 Å². The number of hydrogen-bond acceptors (Lipinski definition) is 1. The summed E-state index contributed by atoms with van der Waals surface area (Å²) in [5.74, 6) is -0.274. The van der Waals surface area contributed by atoms with Gasteiger partial charge in [0.25, 0.3) is 0 Å². The van der Waals surface area contributed by atoms with Crippen LogP contribution in [0.15, 0.2) is 35.3 Å². The Bertz CT molecular complexity index is 344. The lowest BCUT2D eigenvalue weighted by molar-refractivity contribution is 0.184. The first-order valence-corrected chi connectivity index (χ1v) is 5.48. The summed E-state index contributed by atoms with van der Waals surface area (Å²) < 4.78 is 13.8. The zero-order chi connectivity index (χ0) is 11.5. The molecule has 0 aromatic heterocycles. The van der Waals surface area contributed by atoms with E-state index in [1.807, 2.05) is 13.0 Å². The van der Waals surface area contributed by atoms with Crippen LogP contribution in [0, 0.1) is 11.2 Å². The van der Waals surface area contributed by atoms with E-state index in [2.05, 4.69) is 22.5 Å². The highest BCUT2D eigenvalue weighted by molar-refractivity contribution is 9.10. The van der Waals surface area contributed by atoms with E-state index in [-0.39, 0.29) is 12.4 Å². The van der Waals surface area contributed by atoms with E-state index in [1.165, 1.54) is 12.1 Å².